The van der Waals surface area contributed by atoms with Crippen molar-refractivity contribution >= 4 is 27.8 Å². The summed E-state index contributed by atoms with van der Waals surface area (Å²) in [5, 5.41) is 0. The fourth-order valence-electron chi connectivity index (χ4n) is 2.23. The zero-order valence-electron chi connectivity index (χ0n) is 13.5. The lowest BCUT2D eigenvalue weighted by Crippen LogP contribution is -2.40. The number of rotatable bonds is 7. The maximum Gasteiger partial charge on any atom is 0.534 e. The molecule has 0 aromatic carbocycles. The summed E-state index contributed by atoms with van der Waals surface area (Å²) >= 11 is 0.906. The van der Waals surface area contributed by atoms with Gasteiger partial charge in [0.15, 0.2) is 0 Å². The van der Waals surface area contributed by atoms with Gasteiger partial charge in [0.1, 0.15) is 24.0 Å². The zero-order valence-corrected chi connectivity index (χ0v) is 15.1. The molecule has 0 radical (unpaired) electrons. The van der Waals surface area contributed by atoms with Crippen LogP contribution in [-0.2, 0) is 23.8 Å². The van der Waals surface area contributed by atoms with E-state index in [1.54, 1.807) is 6.92 Å². The molecule has 1 aliphatic rings. The Kier molecular flexibility index (Phi) is 6.11. The number of allylic oxidation sites excluding steroid dienone is 2. The molecule has 1 atom stereocenters. The van der Waals surface area contributed by atoms with Crippen LogP contribution in [0.4, 0.5) is 13.2 Å². The molecule has 0 aliphatic heterocycles. The minimum atomic E-state index is -5.75. The quantitative estimate of drug-likeness (QED) is 0.379. The van der Waals surface area contributed by atoms with Gasteiger partial charge in [0, 0.05) is 6.42 Å². The van der Waals surface area contributed by atoms with Crippen LogP contribution in [0.5, 0.6) is 5.88 Å². The highest BCUT2D eigenvalue weighted by atomic mass is 32.2. The lowest BCUT2D eigenvalue weighted by Gasteiger charge is -2.33. The number of alkyl halides is 3. The minimum absolute atomic E-state index is 0.0113. The standard InChI is InChI=1S/C13H15F3N2O6S2/c1-2-22-11(19)12(8-23-10-7-17-25-18-10)5-3-9(4-6-12)24-26(20,21)13(14,15)16/h3,7H,2,4-6,8H2,1H3. The first-order chi connectivity index (χ1) is 12.1. The number of carbonyl (C=O) groups excluding carboxylic acids is 1. The monoisotopic (exact) mass is 416 g/mol. The van der Waals surface area contributed by atoms with Gasteiger partial charge in [0.25, 0.3) is 0 Å². The van der Waals surface area contributed by atoms with Gasteiger partial charge in [0.2, 0.25) is 5.88 Å². The van der Waals surface area contributed by atoms with Crippen molar-refractivity contribution in [2.24, 2.45) is 5.41 Å². The Morgan fingerprint density at radius 1 is 1.42 bits per heavy atom. The average molecular weight is 416 g/mol. The maximum absolute atomic E-state index is 12.4. The third kappa shape index (κ3) is 4.63. The van der Waals surface area contributed by atoms with Gasteiger partial charge in [-0.3, -0.25) is 4.79 Å². The molecule has 0 saturated carbocycles. The van der Waals surface area contributed by atoms with Gasteiger partial charge in [-0.15, -0.1) is 4.37 Å². The number of esters is 1. The van der Waals surface area contributed by atoms with Crippen molar-refractivity contribution in [3.63, 3.8) is 0 Å². The highest BCUT2D eigenvalue weighted by Crippen LogP contribution is 2.39. The third-order valence-electron chi connectivity index (χ3n) is 3.62. The van der Waals surface area contributed by atoms with Crippen LogP contribution in [-0.4, -0.2) is 41.9 Å². The summed E-state index contributed by atoms with van der Waals surface area (Å²) in [4.78, 5) is 12.3. The SMILES string of the molecule is CCOC(=O)C1(COc2cnsn2)CC=C(OS(=O)(=O)C(F)(F)F)CC1. The first kappa shape index (κ1) is 20.4. The normalized spacial score (nSPS) is 21.0. The fraction of sp³-hybridized carbons (Fsp3) is 0.615. The lowest BCUT2D eigenvalue weighted by atomic mass is 9.77. The molecule has 0 N–H and O–H groups in total. The van der Waals surface area contributed by atoms with Gasteiger partial charge in [-0.1, -0.05) is 0 Å². The third-order valence-corrected chi connectivity index (χ3v) is 5.08. The summed E-state index contributed by atoms with van der Waals surface area (Å²) in [5.41, 5.74) is -6.71. The van der Waals surface area contributed by atoms with E-state index in [0.717, 1.165) is 17.8 Å². The Hall–Kier alpha value is -1.89. The topological polar surface area (TPSA) is 105 Å². The van der Waals surface area contributed by atoms with Crippen molar-refractivity contribution in [2.75, 3.05) is 13.2 Å². The molecule has 0 spiro atoms. The second-order valence-corrected chi connectivity index (χ2v) is 7.49. The van der Waals surface area contributed by atoms with E-state index in [2.05, 4.69) is 12.9 Å². The lowest BCUT2D eigenvalue weighted by molar-refractivity contribution is -0.158. The first-order valence-electron chi connectivity index (χ1n) is 7.37. The summed E-state index contributed by atoms with van der Waals surface area (Å²) in [6, 6.07) is 0. The van der Waals surface area contributed by atoms with Crippen molar-refractivity contribution < 1.29 is 40.0 Å². The van der Waals surface area contributed by atoms with Gasteiger partial charge >= 0.3 is 21.6 Å². The highest BCUT2D eigenvalue weighted by molar-refractivity contribution is 7.87. The maximum atomic E-state index is 12.4. The first-order valence-corrected chi connectivity index (χ1v) is 9.51. The number of hydrogen-bond donors (Lipinski definition) is 0. The second-order valence-electron chi connectivity index (χ2n) is 5.39. The Morgan fingerprint density at radius 3 is 2.65 bits per heavy atom. The molecular weight excluding hydrogens is 401 g/mol. The van der Waals surface area contributed by atoms with E-state index in [1.165, 1.54) is 6.20 Å². The molecule has 8 nitrogen and oxygen atoms in total. The Bertz CT molecular complexity index is 763. The molecule has 1 aromatic heterocycles. The molecule has 0 fully saturated rings. The number of carbonyl (C=O) groups is 1. The van der Waals surface area contributed by atoms with Crippen molar-refractivity contribution in [2.45, 2.75) is 31.7 Å². The fourth-order valence-corrected chi connectivity index (χ4v) is 3.12. The summed E-state index contributed by atoms with van der Waals surface area (Å²) in [5.74, 6) is -0.779. The number of halogens is 3. The van der Waals surface area contributed by atoms with Crippen LogP contribution in [0.15, 0.2) is 18.0 Å². The van der Waals surface area contributed by atoms with Crippen LogP contribution in [0.3, 0.4) is 0 Å². The number of hydrogen-bond acceptors (Lipinski definition) is 9. The Labute approximate surface area is 151 Å². The smallest absolute Gasteiger partial charge is 0.475 e. The molecule has 2 rings (SSSR count). The van der Waals surface area contributed by atoms with Crippen LogP contribution in [0.25, 0.3) is 0 Å². The number of aromatic nitrogens is 2. The molecular formula is C13H15F3N2O6S2. The van der Waals surface area contributed by atoms with E-state index in [4.69, 9.17) is 9.47 Å². The van der Waals surface area contributed by atoms with Crippen LogP contribution in [0.1, 0.15) is 26.2 Å². The van der Waals surface area contributed by atoms with Crippen molar-refractivity contribution in [1.29, 1.82) is 0 Å². The molecule has 0 amide bonds. The van der Waals surface area contributed by atoms with Crippen molar-refractivity contribution in [3.05, 3.63) is 18.0 Å². The predicted molar refractivity (Wildman–Crippen MR) is 82.5 cm³/mol. The average Bonchev–Trinajstić information content (AvgIpc) is 3.07. The number of nitrogens with zero attached hydrogens (tertiary/aromatic N) is 2. The van der Waals surface area contributed by atoms with E-state index in [9.17, 15) is 26.4 Å². The van der Waals surface area contributed by atoms with Gasteiger partial charge in [-0.05, 0) is 25.8 Å². The molecule has 1 heterocycles. The molecule has 13 heteroatoms. The molecule has 1 unspecified atom stereocenters. The van der Waals surface area contributed by atoms with Crippen molar-refractivity contribution in [1.82, 2.24) is 8.75 Å². The molecule has 1 aromatic rings. The molecule has 0 bridgehead atoms. The summed E-state index contributed by atoms with van der Waals surface area (Å²) in [6.07, 6.45) is 2.17. The predicted octanol–water partition coefficient (Wildman–Crippen LogP) is 2.40. The molecule has 26 heavy (non-hydrogen) atoms. The molecule has 146 valence electrons. The summed E-state index contributed by atoms with van der Waals surface area (Å²) < 4.78 is 81.5. The van der Waals surface area contributed by atoms with E-state index in [-0.39, 0.29) is 44.1 Å². The summed E-state index contributed by atoms with van der Waals surface area (Å²) in [6.45, 7) is 1.57. The largest absolute Gasteiger partial charge is 0.534 e. The van der Waals surface area contributed by atoms with Gasteiger partial charge in [-0.2, -0.15) is 26.0 Å². The Morgan fingerprint density at radius 2 is 2.15 bits per heavy atom. The van der Waals surface area contributed by atoms with Crippen LogP contribution < -0.4 is 4.74 Å². The van der Waals surface area contributed by atoms with Crippen molar-refractivity contribution in [3.8, 4) is 5.88 Å². The zero-order chi connectivity index (χ0) is 19.4. The van der Waals surface area contributed by atoms with Gasteiger partial charge in [-0.25, -0.2) is 0 Å². The van der Waals surface area contributed by atoms with Crippen LogP contribution in [0.2, 0.25) is 0 Å². The van der Waals surface area contributed by atoms with E-state index >= 15 is 0 Å². The van der Waals surface area contributed by atoms with Crippen LogP contribution in [0, 0.1) is 5.41 Å². The van der Waals surface area contributed by atoms with E-state index in [1.807, 2.05) is 0 Å². The van der Waals surface area contributed by atoms with Gasteiger partial charge in [0.05, 0.1) is 18.3 Å². The number of ether oxygens (including phenoxy) is 2. The van der Waals surface area contributed by atoms with Crippen LogP contribution >= 0.6 is 11.7 Å². The molecule has 1 aliphatic carbocycles. The molecule has 0 saturated heterocycles. The Balaban J connectivity index is 2.13. The summed E-state index contributed by atoms with van der Waals surface area (Å²) in [7, 11) is -5.75. The second kappa shape index (κ2) is 7.78. The highest BCUT2D eigenvalue weighted by Gasteiger charge is 2.50. The minimum Gasteiger partial charge on any atom is -0.475 e. The van der Waals surface area contributed by atoms with E-state index in [0.29, 0.717) is 0 Å². The van der Waals surface area contributed by atoms with Gasteiger partial charge < -0.3 is 13.7 Å². The van der Waals surface area contributed by atoms with E-state index < -0.39 is 27.0 Å².